The molecule has 0 saturated carbocycles. The van der Waals surface area contributed by atoms with E-state index >= 15 is 0 Å². The number of fused-ring (bicyclic) bond motifs is 1. The van der Waals surface area contributed by atoms with Gasteiger partial charge in [0.1, 0.15) is 6.04 Å². The van der Waals surface area contributed by atoms with Gasteiger partial charge in [-0.1, -0.05) is 32.0 Å². The highest BCUT2D eigenvalue weighted by atomic mass is 31.2. The van der Waals surface area contributed by atoms with Crippen LogP contribution in [0, 0.1) is 0 Å². The Bertz CT molecular complexity index is 609. The van der Waals surface area contributed by atoms with Crippen molar-refractivity contribution in [3.05, 3.63) is 29.8 Å². The van der Waals surface area contributed by atoms with E-state index in [1.807, 2.05) is 24.3 Å². The molecule has 0 saturated heterocycles. The normalized spacial score (nSPS) is 21.8. The Kier molecular flexibility index (Phi) is 4.66. The number of nitrogens with two attached hydrogens (primary N) is 1. The monoisotopic (exact) mass is 326 g/mol. The first kappa shape index (κ1) is 17.0. The minimum absolute atomic E-state index is 0.291. The molecular weight excluding hydrogens is 303 g/mol. The van der Waals surface area contributed by atoms with Crippen molar-refractivity contribution in [2.24, 2.45) is 5.73 Å². The summed E-state index contributed by atoms with van der Waals surface area (Å²) in [7, 11) is -4.37. The topological polar surface area (TPSA) is 113 Å². The van der Waals surface area contributed by atoms with Crippen molar-refractivity contribution in [1.82, 2.24) is 0 Å². The molecule has 1 aliphatic rings. The molecule has 1 aromatic carbocycles. The van der Waals surface area contributed by atoms with Crippen LogP contribution in [0.3, 0.4) is 0 Å². The second-order valence-electron chi connectivity index (χ2n) is 5.83. The third-order valence-corrected chi connectivity index (χ3v) is 7.04. The number of amides is 1. The Balaban J connectivity index is 2.61. The van der Waals surface area contributed by atoms with Gasteiger partial charge in [-0.15, -0.1) is 0 Å². The standard InChI is InChI=1S/C15H23N2O4P/c1-3-15(4-2,22(19,20)21)11-9-13(14(16)18)17-12-8-6-5-7-10(11)12/h5-8,11,13,17H,3-4,9H2,1-2H3,(H2,16,18)(H2,19,20,21). The van der Waals surface area contributed by atoms with Crippen LogP contribution < -0.4 is 11.1 Å². The Hall–Kier alpha value is -1.36. The summed E-state index contributed by atoms with van der Waals surface area (Å²) < 4.78 is 12.3. The lowest BCUT2D eigenvalue weighted by Crippen LogP contribution is -2.46. The first-order valence-corrected chi connectivity index (χ1v) is 9.08. The number of benzene rings is 1. The Morgan fingerprint density at radius 1 is 1.36 bits per heavy atom. The minimum Gasteiger partial charge on any atom is -0.373 e. The third-order valence-electron chi connectivity index (χ3n) is 4.93. The highest BCUT2D eigenvalue weighted by Crippen LogP contribution is 2.63. The lowest BCUT2D eigenvalue weighted by molar-refractivity contribution is -0.119. The van der Waals surface area contributed by atoms with Gasteiger partial charge in [-0.05, 0) is 30.9 Å². The van der Waals surface area contributed by atoms with Crippen LogP contribution in [0.5, 0.6) is 0 Å². The number of primary amides is 1. The van der Waals surface area contributed by atoms with E-state index in [1.165, 1.54) is 0 Å². The molecule has 5 N–H and O–H groups in total. The van der Waals surface area contributed by atoms with Crippen molar-refractivity contribution >= 4 is 19.2 Å². The third kappa shape index (κ3) is 2.67. The van der Waals surface area contributed by atoms with Gasteiger partial charge in [-0.25, -0.2) is 0 Å². The molecule has 6 nitrogen and oxygen atoms in total. The maximum Gasteiger partial charge on any atom is 0.332 e. The van der Waals surface area contributed by atoms with Crippen LogP contribution in [-0.2, 0) is 9.36 Å². The van der Waals surface area contributed by atoms with Crippen molar-refractivity contribution in [2.75, 3.05) is 5.32 Å². The number of carbonyl (C=O) groups excluding carboxylic acids is 1. The first-order valence-electron chi connectivity index (χ1n) is 7.47. The van der Waals surface area contributed by atoms with Crippen LogP contribution in [0.2, 0.25) is 0 Å². The molecule has 0 bridgehead atoms. The molecule has 2 unspecified atom stereocenters. The number of para-hydroxylation sites is 1. The summed E-state index contributed by atoms with van der Waals surface area (Å²) in [4.78, 5) is 31.6. The fourth-order valence-corrected chi connectivity index (χ4v) is 5.07. The molecule has 1 aromatic rings. The largest absolute Gasteiger partial charge is 0.373 e. The summed E-state index contributed by atoms with van der Waals surface area (Å²) in [5.74, 6) is -0.926. The summed E-state index contributed by atoms with van der Waals surface area (Å²) in [6, 6.07) is 6.72. The molecule has 1 amide bonds. The lowest BCUT2D eigenvalue weighted by Gasteiger charge is -2.44. The van der Waals surface area contributed by atoms with Crippen molar-refractivity contribution in [1.29, 1.82) is 0 Å². The van der Waals surface area contributed by atoms with E-state index in [9.17, 15) is 19.1 Å². The number of nitrogens with one attached hydrogen (secondary N) is 1. The van der Waals surface area contributed by atoms with Crippen molar-refractivity contribution in [3.63, 3.8) is 0 Å². The van der Waals surface area contributed by atoms with Crippen LogP contribution in [0.1, 0.15) is 44.6 Å². The van der Waals surface area contributed by atoms with Gasteiger partial charge >= 0.3 is 7.60 Å². The summed E-state index contributed by atoms with van der Waals surface area (Å²) in [6.45, 7) is 3.57. The van der Waals surface area contributed by atoms with Gasteiger partial charge in [-0.2, -0.15) is 0 Å². The number of anilines is 1. The zero-order valence-electron chi connectivity index (χ0n) is 12.8. The van der Waals surface area contributed by atoms with Gasteiger partial charge in [0, 0.05) is 11.6 Å². The van der Waals surface area contributed by atoms with E-state index in [0.717, 1.165) is 11.3 Å². The van der Waals surface area contributed by atoms with Gasteiger partial charge in [-0.3, -0.25) is 9.36 Å². The average Bonchev–Trinajstić information content (AvgIpc) is 2.47. The first-order chi connectivity index (χ1) is 10.3. The van der Waals surface area contributed by atoms with Gasteiger partial charge in [0.15, 0.2) is 0 Å². The molecule has 22 heavy (non-hydrogen) atoms. The van der Waals surface area contributed by atoms with Gasteiger partial charge < -0.3 is 20.8 Å². The fourth-order valence-electron chi connectivity index (χ4n) is 3.60. The van der Waals surface area contributed by atoms with E-state index < -0.39 is 30.6 Å². The molecule has 2 atom stereocenters. The van der Waals surface area contributed by atoms with Gasteiger partial charge in [0.25, 0.3) is 0 Å². The zero-order chi connectivity index (χ0) is 16.5. The SMILES string of the molecule is CCC(CC)(C1CC(C(N)=O)Nc2ccccc21)P(=O)(O)O. The molecule has 1 heterocycles. The molecule has 122 valence electrons. The van der Waals surface area contributed by atoms with Crippen LogP contribution in [0.15, 0.2) is 24.3 Å². The number of hydrogen-bond acceptors (Lipinski definition) is 3. The maximum absolute atomic E-state index is 12.3. The smallest absolute Gasteiger partial charge is 0.332 e. The van der Waals surface area contributed by atoms with Gasteiger partial charge in [0.2, 0.25) is 5.91 Å². The minimum atomic E-state index is -4.37. The summed E-state index contributed by atoms with van der Waals surface area (Å²) in [5, 5.41) is 1.89. The molecule has 0 spiro atoms. The predicted octanol–water partition coefficient (Wildman–Crippen LogP) is 2.18. The van der Waals surface area contributed by atoms with E-state index in [0.29, 0.717) is 19.3 Å². The molecule has 2 rings (SSSR count). The Morgan fingerprint density at radius 3 is 2.45 bits per heavy atom. The van der Waals surface area contributed by atoms with E-state index in [2.05, 4.69) is 5.32 Å². The molecule has 0 aromatic heterocycles. The average molecular weight is 326 g/mol. The number of hydrogen-bond donors (Lipinski definition) is 4. The predicted molar refractivity (Wildman–Crippen MR) is 85.8 cm³/mol. The second-order valence-corrected chi connectivity index (χ2v) is 7.81. The quantitative estimate of drug-likeness (QED) is 0.620. The Morgan fingerprint density at radius 2 is 1.95 bits per heavy atom. The van der Waals surface area contributed by atoms with Crippen molar-refractivity contribution < 1.29 is 19.1 Å². The maximum atomic E-state index is 12.3. The Labute approximate surface area is 130 Å². The van der Waals surface area contributed by atoms with E-state index in [1.54, 1.807) is 13.8 Å². The van der Waals surface area contributed by atoms with Crippen LogP contribution in [0.4, 0.5) is 5.69 Å². The summed E-state index contributed by atoms with van der Waals surface area (Å²) in [5.41, 5.74) is 6.99. The molecule has 1 aliphatic heterocycles. The van der Waals surface area contributed by atoms with Crippen LogP contribution >= 0.6 is 7.60 Å². The van der Waals surface area contributed by atoms with Crippen LogP contribution in [-0.4, -0.2) is 26.9 Å². The summed E-state index contributed by atoms with van der Waals surface area (Å²) in [6.07, 6.45) is 0.954. The summed E-state index contributed by atoms with van der Waals surface area (Å²) >= 11 is 0. The zero-order valence-corrected chi connectivity index (χ0v) is 13.7. The molecule has 0 fully saturated rings. The molecule has 0 aliphatic carbocycles. The van der Waals surface area contributed by atoms with E-state index in [-0.39, 0.29) is 0 Å². The second kappa shape index (κ2) is 6.03. The lowest BCUT2D eigenvalue weighted by atomic mass is 9.75. The molecular formula is C15H23N2O4P. The highest BCUT2D eigenvalue weighted by molar-refractivity contribution is 7.53. The molecule has 7 heteroatoms. The van der Waals surface area contributed by atoms with E-state index in [4.69, 9.17) is 5.73 Å². The van der Waals surface area contributed by atoms with Crippen molar-refractivity contribution in [2.45, 2.75) is 50.2 Å². The highest BCUT2D eigenvalue weighted by Gasteiger charge is 2.52. The number of carbonyl (C=O) groups is 1. The van der Waals surface area contributed by atoms with Crippen LogP contribution in [0.25, 0.3) is 0 Å². The number of rotatable bonds is 5. The van der Waals surface area contributed by atoms with Crippen molar-refractivity contribution in [3.8, 4) is 0 Å². The van der Waals surface area contributed by atoms with Gasteiger partial charge in [0.05, 0.1) is 5.16 Å². The molecule has 0 radical (unpaired) electrons. The fraction of sp³-hybridized carbons (Fsp3) is 0.533.